The van der Waals surface area contributed by atoms with E-state index in [1.807, 2.05) is 17.0 Å². The first kappa shape index (κ1) is 14.9. The maximum Gasteiger partial charge on any atom is 0.245 e. The van der Waals surface area contributed by atoms with Crippen molar-refractivity contribution in [1.82, 2.24) is 10.2 Å². The molecule has 1 aliphatic heterocycles. The monoisotopic (exact) mass is 302 g/mol. The lowest BCUT2D eigenvalue weighted by molar-refractivity contribution is -0.134. The summed E-state index contributed by atoms with van der Waals surface area (Å²) in [4.78, 5) is 25.3. The molecule has 2 fully saturated rings. The Morgan fingerprint density at radius 3 is 2.77 bits per heavy atom. The summed E-state index contributed by atoms with van der Waals surface area (Å²) in [6, 6.07) is 6.85. The highest BCUT2D eigenvalue weighted by molar-refractivity contribution is 5.84. The second-order valence-electron chi connectivity index (χ2n) is 6.39. The number of aromatic hydroxyl groups is 1. The van der Waals surface area contributed by atoms with Gasteiger partial charge in [0.15, 0.2) is 0 Å². The van der Waals surface area contributed by atoms with Crippen LogP contribution < -0.4 is 5.32 Å². The number of phenols is 1. The van der Waals surface area contributed by atoms with Gasteiger partial charge in [-0.3, -0.25) is 9.59 Å². The summed E-state index contributed by atoms with van der Waals surface area (Å²) < 4.78 is 0. The van der Waals surface area contributed by atoms with E-state index in [4.69, 9.17) is 0 Å². The molecule has 2 N–H and O–H groups in total. The number of phenolic OH excluding ortho intramolecular Hbond substituents is 1. The Bertz CT molecular complexity index is 557. The second kappa shape index (κ2) is 6.38. The average molecular weight is 302 g/mol. The minimum absolute atomic E-state index is 0.0293. The molecule has 0 bridgehead atoms. The van der Waals surface area contributed by atoms with Gasteiger partial charge in [-0.2, -0.15) is 0 Å². The van der Waals surface area contributed by atoms with Gasteiger partial charge in [0.25, 0.3) is 0 Å². The second-order valence-corrected chi connectivity index (χ2v) is 6.39. The van der Waals surface area contributed by atoms with Crippen LogP contribution in [0.4, 0.5) is 0 Å². The van der Waals surface area contributed by atoms with Crippen molar-refractivity contribution in [3.05, 3.63) is 29.8 Å². The molecule has 0 aromatic heterocycles. The van der Waals surface area contributed by atoms with Crippen molar-refractivity contribution >= 4 is 12.3 Å². The van der Waals surface area contributed by atoms with Crippen molar-refractivity contribution in [2.45, 2.75) is 37.6 Å². The topological polar surface area (TPSA) is 69.6 Å². The number of nitrogens with one attached hydrogen (secondary N) is 1. The zero-order valence-corrected chi connectivity index (χ0v) is 12.6. The smallest absolute Gasteiger partial charge is 0.245 e. The molecule has 2 amide bonds. The van der Waals surface area contributed by atoms with Crippen LogP contribution >= 0.6 is 0 Å². The zero-order chi connectivity index (χ0) is 15.5. The van der Waals surface area contributed by atoms with Crippen molar-refractivity contribution < 1.29 is 14.7 Å². The van der Waals surface area contributed by atoms with Gasteiger partial charge in [-0.05, 0) is 49.3 Å². The Labute approximate surface area is 130 Å². The molecule has 1 aromatic carbocycles. The number of carbonyl (C=O) groups is 2. The number of hydrogen-bond donors (Lipinski definition) is 2. The van der Waals surface area contributed by atoms with Crippen LogP contribution in [-0.4, -0.2) is 41.5 Å². The fourth-order valence-corrected chi connectivity index (χ4v) is 3.22. The molecule has 1 saturated carbocycles. The number of nitrogens with zero attached hydrogens (tertiary/aromatic N) is 1. The number of amides is 2. The maximum absolute atomic E-state index is 12.6. The van der Waals surface area contributed by atoms with E-state index < -0.39 is 6.04 Å². The molecule has 2 aliphatic rings. The third-order valence-electron chi connectivity index (χ3n) is 4.64. The molecule has 2 unspecified atom stereocenters. The van der Waals surface area contributed by atoms with Gasteiger partial charge in [-0.15, -0.1) is 0 Å². The molecule has 2 atom stereocenters. The first-order valence-corrected chi connectivity index (χ1v) is 7.95. The van der Waals surface area contributed by atoms with Crippen LogP contribution in [0.3, 0.4) is 0 Å². The summed E-state index contributed by atoms with van der Waals surface area (Å²) in [5.74, 6) is 1.10. The van der Waals surface area contributed by atoms with Crippen molar-refractivity contribution in [2.75, 3.05) is 13.1 Å². The highest BCUT2D eigenvalue weighted by atomic mass is 16.3. The molecule has 1 aliphatic carbocycles. The average Bonchev–Trinajstić information content (AvgIpc) is 3.32. The molecule has 0 spiro atoms. The largest absolute Gasteiger partial charge is 0.508 e. The van der Waals surface area contributed by atoms with E-state index in [0.29, 0.717) is 25.3 Å². The van der Waals surface area contributed by atoms with E-state index in [0.717, 1.165) is 18.5 Å². The van der Waals surface area contributed by atoms with Crippen LogP contribution in [0, 0.1) is 5.92 Å². The Kier molecular flexibility index (Phi) is 4.32. The lowest BCUT2D eigenvalue weighted by Crippen LogP contribution is -2.45. The van der Waals surface area contributed by atoms with Crippen molar-refractivity contribution in [3.63, 3.8) is 0 Å². The first-order valence-electron chi connectivity index (χ1n) is 7.95. The van der Waals surface area contributed by atoms with E-state index >= 15 is 0 Å². The SMILES string of the molecule is O=CNC1CCC(c2cccc(O)c2)CN(CC2CC2)C1=O. The van der Waals surface area contributed by atoms with Crippen LogP contribution in [0.1, 0.15) is 37.2 Å². The molecule has 1 saturated heterocycles. The van der Waals surface area contributed by atoms with Crippen LogP contribution in [0.5, 0.6) is 5.75 Å². The quantitative estimate of drug-likeness (QED) is 0.812. The number of carbonyl (C=O) groups excluding carboxylic acids is 2. The van der Waals surface area contributed by atoms with Gasteiger partial charge in [0.05, 0.1) is 0 Å². The molecule has 1 heterocycles. The van der Waals surface area contributed by atoms with Crippen LogP contribution in [0.2, 0.25) is 0 Å². The first-order chi connectivity index (χ1) is 10.7. The van der Waals surface area contributed by atoms with Gasteiger partial charge in [-0.1, -0.05) is 12.1 Å². The van der Waals surface area contributed by atoms with Gasteiger partial charge in [0, 0.05) is 19.0 Å². The normalized spacial score (nSPS) is 25.6. The Balaban J connectivity index is 1.80. The fourth-order valence-electron chi connectivity index (χ4n) is 3.22. The predicted octanol–water partition coefficient (Wildman–Crippen LogP) is 1.62. The third kappa shape index (κ3) is 3.40. The Morgan fingerprint density at radius 2 is 2.09 bits per heavy atom. The van der Waals surface area contributed by atoms with Crippen LogP contribution in [0.25, 0.3) is 0 Å². The summed E-state index contributed by atoms with van der Waals surface area (Å²) in [6.07, 6.45) is 4.45. The lowest BCUT2D eigenvalue weighted by atomic mass is 9.93. The van der Waals surface area contributed by atoms with E-state index in [1.54, 1.807) is 12.1 Å². The van der Waals surface area contributed by atoms with E-state index in [1.165, 1.54) is 12.8 Å². The molecule has 5 nitrogen and oxygen atoms in total. The van der Waals surface area contributed by atoms with Gasteiger partial charge in [-0.25, -0.2) is 0 Å². The predicted molar refractivity (Wildman–Crippen MR) is 82.4 cm³/mol. The zero-order valence-electron chi connectivity index (χ0n) is 12.6. The number of rotatable bonds is 5. The maximum atomic E-state index is 12.6. The number of hydrogen-bond acceptors (Lipinski definition) is 3. The number of likely N-dealkylation sites (tertiary alicyclic amines) is 1. The summed E-state index contributed by atoms with van der Waals surface area (Å²) in [7, 11) is 0. The fraction of sp³-hybridized carbons (Fsp3) is 0.529. The van der Waals surface area contributed by atoms with Crippen LogP contribution in [-0.2, 0) is 9.59 Å². The van der Waals surface area contributed by atoms with Crippen molar-refractivity contribution in [3.8, 4) is 5.75 Å². The highest BCUT2D eigenvalue weighted by Gasteiger charge is 2.34. The van der Waals surface area contributed by atoms with E-state index in [-0.39, 0.29) is 17.6 Å². The Hall–Kier alpha value is -2.04. The van der Waals surface area contributed by atoms with E-state index in [2.05, 4.69) is 5.32 Å². The molecule has 1 aromatic rings. The summed E-state index contributed by atoms with van der Waals surface area (Å²) in [5.41, 5.74) is 1.06. The molecular formula is C17H22N2O3. The lowest BCUT2D eigenvalue weighted by Gasteiger charge is -2.26. The van der Waals surface area contributed by atoms with Gasteiger partial charge < -0.3 is 15.3 Å². The minimum Gasteiger partial charge on any atom is -0.508 e. The molecule has 3 rings (SSSR count). The van der Waals surface area contributed by atoms with Gasteiger partial charge in [0.1, 0.15) is 11.8 Å². The Morgan fingerprint density at radius 1 is 1.27 bits per heavy atom. The molecule has 118 valence electrons. The molecule has 22 heavy (non-hydrogen) atoms. The van der Waals surface area contributed by atoms with Gasteiger partial charge >= 0.3 is 0 Å². The highest BCUT2D eigenvalue weighted by Crippen LogP contribution is 2.33. The minimum atomic E-state index is -0.418. The summed E-state index contributed by atoms with van der Waals surface area (Å²) in [5, 5.41) is 12.3. The van der Waals surface area contributed by atoms with Crippen molar-refractivity contribution in [2.24, 2.45) is 5.92 Å². The van der Waals surface area contributed by atoms with Crippen molar-refractivity contribution in [1.29, 1.82) is 0 Å². The summed E-state index contributed by atoms with van der Waals surface area (Å²) in [6.45, 7) is 1.45. The molecule has 5 heteroatoms. The van der Waals surface area contributed by atoms with E-state index in [9.17, 15) is 14.7 Å². The standard InChI is InChI=1S/C17H22N2O3/c20-11-18-16-7-6-14(13-2-1-3-15(21)8-13)10-19(17(16)22)9-12-4-5-12/h1-3,8,11-12,14,16,21H,4-7,9-10H2,(H,18,20). The molecular weight excluding hydrogens is 280 g/mol. The summed E-state index contributed by atoms with van der Waals surface area (Å²) >= 11 is 0. The molecule has 0 radical (unpaired) electrons. The van der Waals surface area contributed by atoms with Crippen LogP contribution in [0.15, 0.2) is 24.3 Å². The number of benzene rings is 1. The van der Waals surface area contributed by atoms with Gasteiger partial charge in [0.2, 0.25) is 12.3 Å². The third-order valence-corrected chi connectivity index (χ3v) is 4.64.